The number of furan rings is 1. The average molecular weight is 215 g/mol. The van der Waals surface area contributed by atoms with Crippen LogP contribution in [0.3, 0.4) is 0 Å². The Kier molecular flexibility index (Phi) is 2.71. The lowest BCUT2D eigenvalue weighted by Crippen LogP contribution is -2.26. The Hall–Kier alpha value is -0.760. The molecule has 0 aliphatic heterocycles. The highest BCUT2D eigenvalue weighted by Crippen LogP contribution is 2.18. The zero-order valence-electron chi connectivity index (χ0n) is 5.67. The van der Waals surface area contributed by atoms with Crippen molar-refractivity contribution in [3.8, 4) is 12.3 Å². The van der Waals surface area contributed by atoms with Crippen LogP contribution in [0.5, 0.6) is 0 Å². The summed E-state index contributed by atoms with van der Waals surface area (Å²) in [5.74, 6) is 7.64. The lowest BCUT2D eigenvalue weighted by atomic mass is 10.2. The molecule has 3 nitrogen and oxygen atoms in total. The summed E-state index contributed by atoms with van der Waals surface area (Å²) in [6.45, 7) is 0. The van der Waals surface area contributed by atoms with Crippen LogP contribution in [-0.4, -0.2) is 0 Å². The fraction of sp³-hybridized carbons (Fsp3) is 0.143. The third kappa shape index (κ3) is 1.84. The first-order valence-electron chi connectivity index (χ1n) is 2.94. The minimum Gasteiger partial charge on any atom is -0.457 e. The molecule has 58 valence electrons. The monoisotopic (exact) mass is 214 g/mol. The van der Waals surface area contributed by atoms with Gasteiger partial charge in [-0.25, -0.2) is 5.43 Å². The van der Waals surface area contributed by atoms with Crippen molar-refractivity contribution >= 4 is 15.9 Å². The quantitative estimate of drug-likeness (QED) is 0.442. The molecule has 1 aromatic heterocycles. The van der Waals surface area contributed by atoms with Crippen LogP contribution in [0.4, 0.5) is 0 Å². The van der Waals surface area contributed by atoms with Gasteiger partial charge in [0, 0.05) is 5.56 Å². The number of hydrogen-bond acceptors (Lipinski definition) is 3. The second kappa shape index (κ2) is 3.58. The highest BCUT2D eigenvalue weighted by molar-refractivity contribution is 9.10. The van der Waals surface area contributed by atoms with Gasteiger partial charge >= 0.3 is 0 Å². The molecular formula is C7H7BrN2O. The van der Waals surface area contributed by atoms with Crippen molar-refractivity contribution in [1.82, 2.24) is 5.43 Å². The van der Waals surface area contributed by atoms with Gasteiger partial charge < -0.3 is 4.42 Å². The van der Waals surface area contributed by atoms with Gasteiger partial charge in [-0.05, 0) is 22.0 Å². The molecule has 1 atom stereocenters. The van der Waals surface area contributed by atoms with Gasteiger partial charge in [-0.3, -0.25) is 5.84 Å². The zero-order valence-corrected chi connectivity index (χ0v) is 7.26. The SMILES string of the molecule is C#CC(NN)c1coc(Br)c1. The molecule has 0 aliphatic rings. The van der Waals surface area contributed by atoms with Crippen LogP contribution >= 0.6 is 15.9 Å². The van der Waals surface area contributed by atoms with Gasteiger partial charge in [0.1, 0.15) is 6.04 Å². The molecule has 0 amide bonds. The van der Waals surface area contributed by atoms with Gasteiger partial charge in [0.25, 0.3) is 0 Å². The number of terminal acetylenes is 1. The van der Waals surface area contributed by atoms with Crippen molar-refractivity contribution in [2.45, 2.75) is 6.04 Å². The van der Waals surface area contributed by atoms with Crippen molar-refractivity contribution < 1.29 is 4.42 Å². The van der Waals surface area contributed by atoms with Crippen LogP contribution in [0, 0.1) is 12.3 Å². The average Bonchev–Trinajstić information content (AvgIpc) is 2.39. The minimum absolute atomic E-state index is 0.287. The maximum Gasteiger partial charge on any atom is 0.169 e. The first-order valence-corrected chi connectivity index (χ1v) is 3.73. The van der Waals surface area contributed by atoms with E-state index in [0.717, 1.165) is 5.56 Å². The van der Waals surface area contributed by atoms with E-state index < -0.39 is 0 Å². The molecule has 1 aromatic rings. The first kappa shape index (κ1) is 8.34. The highest BCUT2D eigenvalue weighted by Gasteiger charge is 2.07. The fourth-order valence-electron chi connectivity index (χ4n) is 0.715. The van der Waals surface area contributed by atoms with E-state index >= 15 is 0 Å². The molecule has 1 unspecified atom stereocenters. The smallest absolute Gasteiger partial charge is 0.169 e. The Labute approximate surface area is 73.0 Å². The van der Waals surface area contributed by atoms with E-state index in [1.165, 1.54) is 0 Å². The standard InChI is InChI=1S/C7H7BrN2O/c1-2-6(10-9)5-3-7(8)11-4-5/h1,3-4,6,10H,9H2. The maximum atomic E-state index is 5.18. The number of nitrogens with two attached hydrogens (primary N) is 1. The van der Waals surface area contributed by atoms with Crippen LogP contribution in [0.2, 0.25) is 0 Å². The molecule has 1 heterocycles. The van der Waals surface area contributed by atoms with Crippen molar-refractivity contribution in [2.75, 3.05) is 0 Å². The van der Waals surface area contributed by atoms with E-state index in [9.17, 15) is 0 Å². The van der Waals surface area contributed by atoms with E-state index in [1.807, 2.05) is 0 Å². The zero-order chi connectivity index (χ0) is 8.27. The molecule has 0 bridgehead atoms. The minimum atomic E-state index is -0.287. The Balaban J connectivity index is 2.84. The highest BCUT2D eigenvalue weighted by atomic mass is 79.9. The molecule has 0 aliphatic carbocycles. The number of hydrazine groups is 1. The Morgan fingerprint density at radius 1 is 1.82 bits per heavy atom. The van der Waals surface area contributed by atoms with Gasteiger partial charge in [-0.2, -0.15) is 0 Å². The Morgan fingerprint density at radius 3 is 2.91 bits per heavy atom. The molecule has 4 heteroatoms. The number of rotatable bonds is 2. The lowest BCUT2D eigenvalue weighted by Gasteiger charge is -2.03. The van der Waals surface area contributed by atoms with E-state index in [4.69, 9.17) is 16.7 Å². The molecule has 0 saturated carbocycles. The predicted octanol–water partition coefficient (Wildman–Crippen LogP) is 1.18. The molecule has 0 spiro atoms. The first-order chi connectivity index (χ1) is 5.27. The summed E-state index contributed by atoms with van der Waals surface area (Å²) in [5, 5.41) is 0. The van der Waals surface area contributed by atoms with Crippen molar-refractivity contribution in [3.63, 3.8) is 0 Å². The van der Waals surface area contributed by atoms with E-state index in [-0.39, 0.29) is 6.04 Å². The van der Waals surface area contributed by atoms with Gasteiger partial charge in [0.05, 0.1) is 6.26 Å². The summed E-state index contributed by atoms with van der Waals surface area (Å²) in [4.78, 5) is 0. The molecule has 0 radical (unpaired) electrons. The summed E-state index contributed by atoms with van der Waals surface area (Å²) < 4.78 is 5.62. The molecule has 0 fully saturated rings. The molecule has 0 saturated heterocycles. The third-order valence-electron chi connectivity index (χ3n) is 1.25. The summed E-state index contributed by atoms with van der Waals surface area (Å²) in [6.07, 6.45) is 6.73. The van der Waals surface area contributed by atoms with Crippen LogP contribution in [-0.2, 0) is 0 Å². The van der Waals surface area contributed by atoms with E-state index in [2.05, 4.69) is 27.3 Å². The summed E-state index contributed by atoms with van der Waals surface area (Å²) in [7, 11) is 0. The Bertz CT molecular complexity index is 276. The van der Waals surface area contributed by atoms with Gasteiger partial charge in [0.2, 0.25) is 0 Å². The van der Waals surface area contributed by atoms with Crippen molar-refractivity contribution in [1.29, 1.82) is 0 Å². The largest absolute Gasteiger partial charge is 0.457 e. The van der Waals surface area contributed by atoms with Crippen LogP contribution in [0.1, 0.15) is 11.6 Å². The van der Waals surface area contributed by atoms with Crippen molar-refractivity contribution in [2.24, 2.45) is 5.84 Å². The molecule has 3 N–H and O–H groups in total. The normalized spacial score (nSPS) is 12.5. The summed E-state index contributed by atoms with van der Waals surface area (Å²) in [5.41, 5.74) is 3.30. The number of hydrogen-bond donors (Lipinski definition) is 2. The van der Waals surface area contributed by atoms with E-state index in [0.29, 0.717) is 4.67 Å². The van der Waals surface area contributed by atoms with Gasteiger partial charge in [-0.15, -0.1) is 6.42 Å². The summed E-state index contributed by atoms with van der Waals surface area (Å²) >= 11 is 3.15. The summed E-state index contributed by atoms with van der Waals surface area (Å²) in [6, 6.07) is 1.48. The fourth-order valence-corrected chi connectivity index (χ4v) is 1.07. The van der Waals surface area contributed by atoms with Crippen LogP contribution < -0.4 is 11.3 Å². The van der Waals surface area contributed by atoms with Gasteiger partial charge in [-0.1, -0.05) is 5.92 Å². The second-order valence-corrected chi connectivity index (χ2v) is 2.73. The third-order valence-corrected chi connectivity index (χ3v) is 1.67. The lowest BCUT2D eigenvalue weighted by molar-refractivity contribution is 0.534. The Morgan fingerprint density at radius 2 is 2.55 bits per heavy atom. The number of halogens is 1. The predicted molar refractivity (Wildman–Crippen MR) is 45.3 cm³/mol. The van der Waals surface area contributed by atoms with Crippen LogP contribution in [0.25, 0.3) is 0 Å². The topological polar surface area (TPSA) is 51.2 Å². The molecule has 11 heavy (non-hydrogen) atoms. The van der Waals surface area contributed by atoms with Crippen molar-refractivity contribution in [3.05, 3.63) is 22.6 Å². The van der Waals surface area contributed by atoms with Crippen LogP contribution in [0.15, 0.2) is 21.4 Å². The molecule has 1 rings (SSSR count). The second-order valence-electron chi connectivity index (χ2n) is 1.95. The van der Waals surface area contributed by atoms with Gasteiger partial charge in [0.15, 0.2) is 4.67 Å². The maximum absolute atomic E-state index is 5.18. The molecular weight excluding hydrogens is 208 g/mol. The number of nitrogens with one attached hydrogen (secondary N) is 1. The van der Waals surface area contributed by atoms with E-state index in [1.54, 1.807) is 12.3 Å². The molecule has 0 aromatic carbocycles.